The van der Waals surface area contributed by atoms with E-state index in [1.165, 1.54) is 44.5 Å². The van der Waals surface area contributed by atoms with Gasteiger partial charge in [-0.2, -0.15) is 0 Å². The average molecular weight is 697 g/mol. The minimum absolute atomic E-state index is 1.11. The van der Waals surface area contributed by atoms with Crippen molar-refractivity contribution in [3.63, 3.8) is 0 Å². The fraction of sp³-hybridized carbons (Fsp3) is 0.0769. The molecule has 0 aliphatic rings. The zero-order valence-electron chi connectivity index (χ0n) is 31.4. The normalized spacial score (nSPS) is 11.0. The molecule has 0 radical (unpaired) electrons. The number of nitrogens with zero attached hydrogens (tertiary/aromatic N) is 2. The first-order valence-corrected chi connectivity index (χ1v) is 18.7. The van der Waals surface area contributed by atoms with Gasteiger partial charge in [0.1, 0.15) is 0 Å². The van der Waals surface area contributed by atoms with Crippen molar-refractivity contribution in [2.24, 2.45) is 0 Å². The maximum absolute atomic E-state index is 2.35. The van der Waals surface area contributed by atoms with Crippen molar-refractivity contribution in [2.75, 3.05) is 9.80 Å². The average Bonchev–Trinajstić information content (AvgIpc) is 3.21. The molecule has 8 aromatic carbocycles. The zero-order valence-corrected chi connectivity index (χ0v) is 31.4. The van der Waals surface area contributed by atoms with Crippen LogP contribution in [0.5, 0.6) is 0 Å². The molecule has 0 heterocycles. The quantitative estimate of drug-likeness (QED) is 0.148. The number of hydrogen-bond acceptors (Lipinski definition) is 2. The highest BCUT2D eigenvalue weighted by atomic mass is 15.1. The Hall–Kier alpha value is -6.64. The van der Waals surface area contributed by atoms with Crippen LogP contribution < -0.4 is 9.80 Å². The number of rotatable bonds is 9. The summed E-state index contributed by atoms with van der Waals surface area (Å²) in [6, 6.07) is 70.6. The second kappa shape index (κ2) is 15.1. The summed E-state index contributed by atoms with van der Waals surface area (Å²) in [6.07, 6.45) is 0. The van der Waals surface area contributed by atoms with Crippen LogP contribution >= 0.6 is 0 Å². The fourth-order valence-corrected chi connectivity index (χ4v) is 7.24. The van der Waals surface area contributed by atoms with E-state index in [2.05, 4.69) is 232 Å². The first-order chi connectivity index (χ1) is 26.4. The first-order valence-electron chi connectivity index (χ1n) is 18.7. The molecule has 0 unspecified atom stereocenters. The van der Waals surface area contributed by atoms with Gasteiger partial charge in [-0.05, 0) is 134 Å². The summed E-state index contributed by atoms with van der Waals surface area (Å²) in [5.74, 6) is 0. The standard InChI is InChI=1S/C52H44N2/c1-37-19-27-44(28-20-37)53(45-29-21-38(2)22-30-45)48-15-8-13-42(35-48)50-17-10-18-51(52(50)41-11-6-5-7-12-41)43-14-9-16-49(36-43)54(46-31-23-39(3)24-32-46)47-33-25-40(4)26-34-47/h5-36H,1-4H3. The molecule has 8 rings (SSSR count). The predicted octanol–water partition coefficient (Wildman–Crippen LogP) is 14.9. The van der Waals surface area contributed by atoms with E-state index in [0.717, 1.165) is 45.3 Å². The summed E-state index contributed by atoms with van der Waals surface area (Å²) < 4.78 is 0. The van der Waals surface area contributed by atoms with Gasteiger partial charge in [-0.15, -0.1) is 0 Å². The Labute approximate surface area is 320 Å². The molecule has 8 aromatic rings. The SMILES string of the molecule is Cc1ccc(N(c2ccc(C)cc2)c2cccc(-c3cccc(-c4cccc(N(c5ccc(C)cc5)c5ccc(C)cc5)c4)c3-c3ccccc3)c2)cc1. The third-order valence-corrected chi connectivity index (χ3v) is 10.1. The molecule has 0 aliphatic heterocycles. The fourth-order valence-electron chi connectivity index (χ4n) is 7.24. The van der Waals surface area contributed by atoms with Crippen molar-refractivity contribution in [1.29, 1.82) is 0 Å². The van der Waals surface area contributed by atoms with Crippen molar-refractivity contribution in [3.05, 3.63) is 216 Å². The first kappa shape index (κ1) is 34.4. The van der Waals surface area contributed by atoms with Gasteiger partial charge in [0, 0.05) is 34.1 Å². The summed E-state index contributed by atoms with van der Waals surface area (Å²) in [6.45, 7) is 8.54. The van der Waals surface area contributed by atoms with E-state index >= 15 is 0 Å². The molecule has 0 saturated heterocycles. The lowest BCUT2D eigenvalue weighted by Crippen LogP contribution is -2.10. The van der Waals surface area contributed by atoms with Crippen LogP contribution in [-0.4, -0.2) is 0 Å². The second-order valence-corrected chi connectivity index (χ2v) is 14.2. The Morgan fingerprint density at radius 3 is 0.926 bits per heavy atom. The minimum atomic E-state index is 1.11. The zero-order chi connectivity index (χ0) is 37.0. The van der Waals surface area contributed by atoms with E-state index in [4.69, 9.17) is 0 Å². The number of anilines is 6. The smallest absolute Gasteiger partial charge is 0.0467 e. The molecule has 0 amide bonds. The monoisotopic (exact) mass is 696 g/mol. The number of aryl methyl sites for hydroxylation is 4. The van der Waals surface area contributed by atoms with Gasteiger partial charge >= 0.3 is 0 Å². The lowest BCUT2D eigenvalue weighted by atomic mass is 9.87. The van der Waals surface area contributed by atoms with E-state index in [0.29, 0.717) is 0 Å². The Bertz CT molecular complexity index is 2250. The predicted molar refractivity (Wildman–Crippen MR) is 231 cm³/mol. The van der Waals surface area contributed by atoms with Crippen LogP contribution in [0.25, 0.3) is 33.4 Å². The largest absolute Gasteiger partial charge is 0.310 e. The molecule has 262 valence electrons. The maximum Gasteiger partial charge on any atom is 0.0467 e. The molecule has 2 heteroatoms. The van der Waals surface area contributed by atoms with E-state index in [9.17, 15) is 0 Å². The molecule has 2 nitrogen and oxygen atoms in total. The molecule has 0 bridgehead atoms. The van der Waals surface area contributed by atoms with Gasteiger partial charge in [0.25, 0.3) is 0 Å². The highest BCUT2D eigenvalue weighted by molar-refractivity contribution is 5.96. The van der Waals surface area contributed by atoms with Gasteiger partial charge in [-0.3, -0.25) is 0 Å². The van der Waals surface area contributed by atoms with Gasteiger partial charge in [-0.1, -0.05) is 144 Å². The summed E-state index contributed by atoms with van der Waals surface area (Å²) in [5.41, 5.74) is 18.8. The van der Waals surface area contributed by atoms with Gasteiger partial charge < -0.3 is 9.80 Å². The third kappa shape index (κ3) is 7.20. The lowest BCUT2D eigenvalue weighted by Gasteiger charge is -2.27. The molecule has 0 aliphatic carbocycles. The molecule has 0 fully saturated rings. The Morgan fingerprint density at radius 2 is 0.574 bits per heavy atom. The van der Waals surface area contributed by atoms with Crippen LogP contribution in [0.3, 0.4) is 0 Å². The van der Waals surface area contributed by atoms with Crippen LogP contribution in [0.15, 0.2) is 194 Å². The van der Waals surface area contributed by atoms with E-state index in [1.807, 2.05) is 0 Å². The summed E-state index contributed by atoms with van der Waals surface area (Å²) in [7, 11) is 0. The summed E-state index contributed by atoms with van der Waals surface area (Å²) in [5, 5.41) is 0. The molecule has 0 saturated carbocycles. The summed E-state index contributed by atoms with van der Waals surface area (Å²) >= 11 is 0. The second-order valence-electron chi connectivity index (χ2n) is 14.2. The topological polar surface area (TPSA) is 6.48 Å². The van der Waals surface area contributed by atoms with E-state index in [1.54, 1.807) is 0 Å². The van der Waals surface area contributed by atoms with Gasteiger partial charge in [-0.25, -0.2) is 0 Å². The maximum atomic E-state index is 2.35. The molecule has 0 N–H and O–H groups in total. The van der Waals surface area contributed by atoms with Gasteiger partial charge in [0.15, 0.2) is 0 Å². The van der Waals surface area contributed by atoms with Crippen LogP contribution in [0, 0.1) is 27.7 Å². The van der Waals surface area contributed by atoms with Crippen LogP contribution in [0.4, 0.5) is 34.1 Å². The van der Waals surface area contributed by atoms with E-state index in [-0.39, 0.29) is 0 Å². The van der Waals surface area contributed by atoms with Crippen molar-refractivity contribution >= 4 is 34.1 Å². The minimum Gasteiger partial charge on any atom is -0.310 e. The lowest BCUT2D eigenvalue weighted by molar-refractivity contribution is 1.27. The van der Waals surface area contributed by atoms with Crippen LogP contribution in [0.2, 0.25) is 0 Å². The van der Waals surface area contributed by atoms with Gasteiger partial charge in [0.05, 0.1) is 0 Å². The number of benzene rings is 8. The van der Waals surface area contributed by atoms with E-state index < -0.39 is 0 Å². The molecule has 54 heavy (non-hydrogen) atoms. The van der Waals surface area contributed by atoms with Gasteiger partial charge in [0.2, 0.25) is 0 Å². The van der Waals surface area contributed by atoms with Crippen molar-refractivity contribution < 1.29 is 0 Å². The van der Waals surface area contributed by atoms with Crippen molar-refractivity contribution in [1.82, 2.24) is 0 Å². The molecular weight excluding hydrogens is 653 g/mol. The van der Waals surface area contributed by atoms with Crippen molar-refractivity contribution in [3.8, 4) is 33.4 Å². The summed E-state index contributed by atoms with van der Waals surface area (Å²) in [4.78, 5) is 4.70. The Kier molecular flexibility index (Phi) is 9.66. The molecule has 0 aromatic heterocycles. The Balaban J connectivity index is 1.28. The Morgan fingerprint density at radius 1 is 0.259 bits per heavy atom. The molecule has 0 atom stereocenters. The van der Waals surface area contributed by atoms with Crippen LogP contribution in [-0.2, 0) is 0 Å². The van der Waals surface area contributed by atoms with Crippen molar-refractivity contribution in [2.45, 2.75) is 27.7 Å². The van der Waals surface area contributed by atoms with Crippen LogP contribution in [0.1, 0.15) is 22.3 Å². The third-order valence-electron chi connectivity index (χ3n) is 10.1. The highest BCUT2D eigenvalue weighted by Gasteiger charge is 2.19. The molecular formula is C52H44N2. The number of hydrogen-bond donors (Lipinski definition) is 0. The molecule has 0 spiro atoms. The highest BCUT2D eigenvalue weighted by Crippen LogP contribution is 2.44.